The number of carbonyl (C=O) groups is 4. The topological polar surface area (TPSA) is 175 Å². The molecule has 12 heteroatoms. The summed E-state index contributed by atoms with van der Waals surface area (Å²) in [6.45, 7) is 5.88. The molecule has 1 heterocycles. The van der Waals surface area contributed by atoms with Crippen molar-refractivity contribution >= 4 is 23.9 Å². The number of esters is 3. The second-order valence-corrected chi connectivity index (χ2v) is 21.7. The van der Waals surface area contributed by atoms with Gasteiger partial charge in [0, 0.05) is 19.3 Å². The molecule has 1 saturated heterocycles. The lowest BCUT2D eigenvalue weighted by Gasteiger charge is -2.40. The summed E-state index contributed by atoms with van der Waals surface area (Å²) >= 11 is 0. The fourth-order valence-corrected chi connectivity index (χ4v) is 9.45. The first-order valence-corrected chi connectivity index (χ1v) is 31.9. The lowest BCUT2D eigenvalue weighted by Crippen LogP contribution is -2.61. The maximum Gasteiger partial charge on any atom is 0.335 e. The van der Waals surface area contributed by atoms with E-state index in [1.165, 1.54) is 141 Å². The predicted molar refractivity (Wildman–Crippen MR) is 322 cm³/mol. The molecule has 0 aliphatic carbocycles. The summed E-state index contributed by atoms with van der Waals surface area (Å²) in [7, 11) is 0. The van der Waals surface area contributed by atoms with Crippen molar-refractivity contribution in [3.63, 3.8) is 0 Å². The van der Waals surface area contributed by atoms with Crippen molar-refractivity contribution in [3.8, 4) is 0 Å². The summed E-state index contributed by atoms with van der Waals surface area (Å²) < 4.78 is 28.4. The Bertz CT molecular complexity index is 1650. The zero-order chi connectivity index (χ0) is 57.5. The van der Waals surface area contributed by atoms with Gasteiger partial charge in [0.05, 0.1) is 6.61 Å². The molecular formula is C67H114O12. The molecule has 12 nitrogen and oxygen atoms in total. The molecule has 1 aliphatic heterocycles. The van der Waals surface area contributed by atoms with Gasteiger partial charge in [-0.25, -0.2) is 4.79 Å². The third-order valence-electron chi connectivity index (χ3n) is 14.3. The molecule has 79 heavy (non-hydrogen) atoms. The van der Waals surface area contributed by atoms with E-state index in [9.17, 15) is 34.5 Å². The van der Waals surface area contributed by atoms with Crippen LogP contribution in [0.3, 0.4) is 0 Å². The highest BCUT2D eigenvalue weighted by molar-refractivity contribution is 5.74. The molecule has 0 aromatic rings. The number of unbranched alkanes of at least 4 members (excludes halogenated alkanes) is 28. The highest BCUT2D eigenvalue weighted by atomic mass is 16.7. The van der Waals surface area contributed by atoms with E-state index in [1.807, 2.05) is 18.2 Å². The van der Waals surface area contributed by atoms with Crippen LogP contribution in [0.15, 0.2) is 72.9 Å². The molecule has 0 saturated carbocycles. The Kier molecular flexibility index (Phi) is 50.7. The first-order valence-electron chi connectivity index (χ1n) is 31.9. The fourth-order valence-electron chi connectivity index (χ4n) is 9.45. The second kappa shape index (κ2) is 54.7. The van der Waals surface area contributed by atoms with Gasteiger partial charge < -0.3 is 39.0 Å². The molecule has 1 fully saturated rings. The van der Waals surface area contributed by atoms with Gasteiger partial charge in [-0.15, -0.1) is 0 Å². The van der Waals surface area contributed by atoms with Gasteiger partial charge in [-0.3, -0.25) is 14.4 Å². The number of carboxylic acid groups (broad SMARTS) is 1. The Hall–Kier alpha value is -3.84. The van der Waals surface area contributed by atoms with Gasteiger partial charge in [0.1, 0.15) is 18.8 Å². The minimum atomic E-state index is -1.93. The van der Waals surface area contributed by atoms with Crippen molar-refractivity contribution in [1.82, 2.24) is 0 Å². The van der Waals surface area contributed by atoms with E-state index >= 15 is 0 Å². The Labute approximate surface area is 480 Å². The van der Waals surface area contributed by atoms with E-state index in [0.29, 0.717) is 25.7 Å². The van der Waals surface area contributed by atoms with Crippen molar-refractivity contribution in [3.05, 3.63) is 72.9 Å². The van der Waals surface area contributed by atoms with E-state index in [-0.39, 0.29) is 25.9 Å². The Morgan fingerprint density at radius 2 is 0.797 bits per heavy atom. The average molecular weight is 1110 g/mol. The number of carboxylic acids is 1. The maximum absolute atomic E-state index is 13.2. The normalized spacial score (nSPS) is 18.3. The van der Waals surface area contributed by atoms with E-state index in [1.54, 1.807) is 0 Å². The standard InChI is InChI=1S/C67H114O12/c1-4-7-10-13-16-19-22-25-27-29-30-32-34-37-40-43-46-49-52-55-61(70)78-65-63(72)62(71)64(66(73)74)79-67(65)76-57-58(77-60(69)54-51-48-45-42-39-35-24-21-18-15-12-9-6-3)56-75-59(68)53-50-47-44-41-38-36-33-31-28-26-23-20-17-14-11-8-5-2/h7,10,16,19,25,27,30,32,37,40,46,49,58,62-65,67,71-72H,4-6,8-9,11-15,17-18,20-24,26,28-29,31,33-36,38-39,41-45,47-48,50-57H2,1-3H3,(H,73,74)/b10-7-,19-16-,27-25-,32-30-,40-37-,49-46-. The number of hydrogen-bond donors (Lipinski definition) is 3. The van der Waals surface area contributed by atoms with Crippen molar-refractivity contribution in [2.75, 3.05) is 13.2 Å². The van der Waals surface area contributed by atoms with Gasteiger partial charge in [-0.05, 0) is 57.8 Å². The smallest absolute Gasteiger partial charge is 0.335 e. The van der Waals surface area contributed by atoms with Crippen LogP contribution in [0.25, 0.3) is 0 Å². The van der Waals surface area contributed by atoms with Crippen LogP contribution in [-0.2, 0) is 42.9 Å². The van der Waals surface area contributed by atoms with Gasteiger partial charge in [-0.2, -0.15) is 0 Å². The summed E-state index contributed by atoms with van der Waals surface area (Å²) in [4.78, 5) is 51.2. The minimum Gasteiger partial charge on any atom is -0.479 e. The van der Waals surface area contributed by atoms with Crippen LogP contribution in [0.1, 0.15) is 278 Å². The molecule has 1 aliphatic rings. The average Bonchev–Trinajstić information content (AvgIpc) is 3.46. The largest absolute Gasteiger partial charge is 0.479 e. The van der Waals surface area contributed by atoms with Crippen LogP contribution in [0.4, 0.5) is 0 Å². The quantitative estimate of drug-likeness (QED) is 0.0228. The van der Waals surface area contributed by atoms with E-state index in [2.05, 4.69) is 75.5 Å². The molecular weight excluding hydrogens is 997 g/mol. The van der Waals surface area contributed by atoms with Gasteiger partial charge in [-0.1, -0.05) is 273 Å². The summed E-state index contributed by atoms with van der Waals surface area (Å²) in [6.07, 6.45) is 57.3. The number of aliphatic hydroxyl groups is 2. The van der Waals surface area contributed by atoms with Crippen molar-refractivity contribution < 1.29 is 58.2 Å². The van der Waals surface area contributed by atoms with E-state index in [0.717, 1.165) is 70.6 Å². The summed E-state index contributed by atoms with van der Waals surface area (Å²) in [6, 6.07) is 0. The zero-order valence-electron chi connectivity index (χ0n) is 50.1. The molecule has 0 aromatic carbocycles. The number of carbonyl (C=O) groups excluding carboxylic acids is 3. The highest BCUT2D eigenvalue weighted by Gasteiger charge is 2.50. The lowest BCUT2D eigenvalue weighted by atomic mass is 9.98. The highest BCUT2D eigenvalue weighted by Crippen LogP contribution is 2.26. The lowest BCUT2D eigenvalue weighted by molar-refractivity contribution is -0.301. The predicted octanol–water partition coefficient (Wildman–Crippen LogP) is 16.9. The molecule has 3 N–H and O–H groups in total. The van der Waals surface area contributed by atoms with Crippen LogP contribution in [0.5, 0.6) is 0 Å². The fraction of sp³-hybridized carbons (Fsp3) is 0.761. The number of rotatable bonds is 54. The number of ether oxygens (including phenoxy) is 5. The SMILES string of the molecule is CC/C=C\C/C=C\C/C=C\C/C=C\C/C=C\C/C=C\CCC(=O)OC1C(OCC(COC(=O)CCCCCCCCCCCCCCCCCCC)OC(=O)CCCCCCCCCCCCCCC)OC(C(=O)O)C(O)C1O. The molecule has 1 rings (SSSR count). The van der Waals surface area contributed by atoms with Crippen molar-refractivity contribution in [2.45, 2.75) is 314 Å². The monoisotopic (exact) mass is 1110 g/mol. The van der Waals surface area contributed by atoms with Crippen LogP contribution in [0, 0.1) is 0 Å². The number of aliphatic hydroxyl groups excluding tert-OH is 2. The molecule has 0 amide bonds. The molecule has 6 atom stereocenters. The van der Waals surface area contributed by atoms with E-state index < -0.39 is 67.3 Å². The van der Waals surface area contributed by atoms with Gasteiger partial charge >= 0.3 is 23.9 Å². The second-order valence-electron chi connectivity index (χ2n) is 21.7. The molecule has 0 spiro atoms. The molecule has 454 valence electrons. The molecule has 0 aromatic heterocycles. The van der Waals surface area contributed by atoms with Crippen LogP contribution in [-0.4, -0.2) is 89.2 Å². The van der Waals surface area contributed by atoms with Gasteiger partial charge in [0.15, 0.2) is 24.6 Å². The Balaban J connectivity index is 2.69. The van der Waals surface area contributed by atoms with Crippen LogP contribution >= 0.6 is 0 Å². The minimum absolute atomic E-state index is 0.0641. The molecule has 0 bridgehead atoms. The number of allylic oxidation sites excluding steroid dienone is 12. The van der Waals surface area contributed by atoms with Gasteiger partial charge in [0.25, 0.3) is 0 Å². The molecule has 6 unspecified atom stereocenters. The Morgan fingerprint density at radius 1 is 0.430 bits per heavy atom. The van der Waals surface area contributed by atoms with Crippen molar-refractivity contribution in [2.24, 2.45) is 0 Å². The van der Waals surface area contributed by atoms with Crippen LogP contribution in [0.2, 0.25) is 0 Å². The summed E-state index contributed by atoms with van der Waals surface area (Å²) in [5, 5.41) is 31.5. The van der Waals surface area contributed by atoms with E-state index in [4.69, 9.17) is 23.7 Å². The zero-order valence-corrected chi connectivity index (χ0v) is 50.1. The first-order chi connectivity index (χ1) is 38.6. The van der Waals surface area contributed by atoms with Crippen LogP contribution < -0.4 is 0 Å². The number of hydrogen-bond acceptors (Lipinski definition) is 11. The van der Waals surface area contributed by atoms with Crippen molar-refractivity contribution in [1.29, 1.82) is 0 Å². The maximum atomic E-state index is 13.2. The third-order valence-corrected chi connectivity index (χ3v) is 14.3. The van der Waals surface area contributed by atoms with Gasteiger partial charge in [0.2, 0.25) is 0 Å². The third kappa shape index (κ3) is 44.5. The summed E-state index contributed by atoms with van der Waals surface area (Å²) in [5.74, 6) is -3.21. The first kappa shape index (κ1) is 73.2. The summed E-state index contributed by atoms with van der Waals surface area (Å²) in [5.41, 5.74) is 0. The Morgan fingerprint density at radius 3 is 1.19 bits per heavy atom. The molecule has 0 radical (unpaired) electrons. The number of aliphatic carboxylic acids is 1.